The number of phenols is 1. The quantitative estimate of drug-likeness (QED) is 0.489. The van der Waals surface area contributed by atoms with Gasteiger partial charge in [0.05, 0.1) is 6.04 Å². The molecule has 140 valence electrons. The van der Waals surface area contributed by atoms with Crippen LogP contribution in [0.5, 0.6) is 11.5 Å². The third kappa shape index (κ3) is 3.12. The summed E-state index contributed by atoms with van der Waals surface area (Å²) in [6, 6.07) is 24.0. The van der Waals surface area contributed by atoms with Gasteiger partial charge >= 0.3 is 0 Å². The van der Waals surface area contributed by atoms with Crippen molar-refractivity contribution >= 4 is 10.9 Å². The third-order valence-corrected chi connectivity index (χ3v) is 5.37. The van der Waals surface area contributed by atoms with Gasteiger partial charge in [-0.05, 0) is 53.4 Å². The lowest BCUT2D eigenvalue weighted by molar-refractivity contribution is 0.306. The highest BCUT2D eigenvalue weighted by molar-refractivity contribution is 5.86. The Morgan fingerprint density at radius 2 is 1.86 bits per heavy atom. The van der Waals surface area contributed by atoms with Crippen molar-refractivity contribution in [1.82, 2.24) is 10.3 Å². The van der Waals surface area contributed by atoms with Gasteiger partial charge in [0.2, 0.25) is 0 Å². The zero-order valence-electron chi connectivity index (χ0n) is 15.5. The molecule has 1 aliphatic heterocycles. The van der Waals surface area contributed by atoms with Gasteiger partial charge in [-0.2, -0.15) is 0 Å². The number of hydrogen-bond acceptors (Lipinski definition) is 3. The maximum absolute atomic E-state index is 9.87. The maximum atomic E-state index is 9.87. The van der Waals surface area contributed by atoms with Crippen LogP contribution >= 0.6 is 0 Å². The molecule has 1 aromatic heterocycles. The Morgan fingerprint density at radius 1 is 0.964 bits per heavy atom. The standard InChI is InChI=1S/C24H22N2O2/c27-18-8-4-7-17(13-18)23-24-20(11-12-25-23)21-14-19(9-10-22(21)26-24)28-15-16-5-2-1-3-6-16/h1-10,13-14,23,25-27H,11-12,15H2/t23-/m1/s1. The van der Waals surface area contributed by atoms with Gasteiger partial charge in [0, 0.05) is 23.1 Å². The van der Waals surface area contributed by atoms with Crippen molar-refractivity contribution in [1.29, 1.82) is 0 Å². The third-order valence-electron chi connectivity index (χ3n) is 5.37. The molecule has 3 N–H and O–H groups in total. The van der Waals surface area contributed by atoms with Crippen molar-refractivity contribution in [2.75, 3.05) is 6.54 Å². The van der Waals surface area contributed by atoms with Crippen molar-refractivity contribution in [3.05, 3.63) is 95.2 Å². The van der Waals surface area contributed by atoms with Gasteiger partial charge in [0.15, 0.2) is 0 Å². The van der Waals surface area contributed by atoms with E-state index >= 15 is 0 Å². The van der Waals surface area contributed by atoms with Gasteiger partial charge in [-0.25, -0.2) is 0 Å². The SMILES string of the molecule is Oc1cccc([C@H]2NCCc3c2[nH]c2ccc(OCc4ccccc4)cc32)c1. The van der Waals surface area contributed by atoms with E-state index in [0.29, 0.717) is 12.4 Å². The molecule has 0 radical (unpaired) electrons. The Labute approximate surface area is 163 Å². The van der Waals surface area contributed by atoms with Crippen molar-refractivity contribution in [3.8, 4) is 11.5 Å². The van der Waals surface area contributed by atoms with Crippen molar-refractivity contribution in [3.63, 3.8) is 0 Å². The smallest absolute Gasteiger partial charge is 0.120 e. The molecule has 0 unspecified atom stereocenters. The van der Waals surface area contributed by atoms with E-state index in [2.05, 4.69) is 34.6 Å². The molecule has 0 saturated carbocycles. The summed E-state index contributed by atoms with van der Waals surface area (Å²) in [6.07, 6.45) is 0.965. The van der Waals surface area contributed by atoms with Crippen LogP contribution in [0.4, 0.5) is 0 Å². The van der Waals surface area contributed by atoms with Crippen LogP contribution in [0.15, 0.2) is 72.8 Å². The number of aromatic nitrogens is 1. The van der Waals surface area contributed by atoms with Crippen LogP contribution in [0.2, 0.25) is 0 Å². The molecule has 0 bridgehead atoms. The zero-order chi connectivity index (χ0) is 18.9. The first-order valence-corrected chi connectivity index (χ1v) is 9.61. The topological polar surface area (TPSA) is 57.3 Å². The Morgan fingerprint density at radius 3 is 2.71 bits per heavy atom. The van der Waals surface area contributed by atoms with Crippen molar-refractivity contribution in [2.24, 2.45) is 0 Å². The minimum atomic E-state index is 0.0527. The van der Waals surface area contributed by atoms with Crippen LogP contribution in [-0.2, 0) is 13.0 Å². The second kappa shape index (κ2) is 7.06. The summed E-state index contributed by atoms with van der Waals surface area (Å²) >= 11 is 0. The van der Waals surface area contributed by atoms with Crippen LogP contribution in [-0.4, -0.2) is 16.6 Å². The predicted molar refractivity (Wildman–Crippen MR) is 111 cm³/mol. The van der Waals surface area contributed by atoms with E-state index in [0.717, 1.165) is 35.4 Å². The fourth-order valence-electron chi connectivity index (χ4n) is 4.03. The van der Waals surface area contributed by atoms with Crippen LogP contribution in [0, 0.1) is 0 Å². The van der Waals surface area contributed by atoms with E-state index in [-0.39, 0.29) is 6.04 Å². The largest absolute Gasteiger partial charge is 0.508 e. The molecule has 4 nitrogen and oxygen atoms in total. The molecule has 0 aliphatic carbocycles. The monoisotopic (exact) mass is 370 g/mol. The number of nitrogens with one attached hydrogen (secondary N) is 2. The Bertz CT molecular complexity index is 1120. The molecule has 4 heteroatoms. The Balaban J connectivity index is 1.48. The molecular formula is C24H22N2O2. The fourth-order valence-corrected chi connectivity index (χ4v) is 4.03. The lowest BCUT2D eigenvalue weighted by Gasteiger charge is -2.25. The highest BCUT2D eigenvalue weighted by atomic mass is 16.5. The molecule has 1 aliphatic rings. The van der Waals surface area contributed by atoms with E-state index in [1.807, 2.05) is 42.5 Å². The number of rotatable bonds is 4. The minimum Gasteiger partial charge on any atom is -0.508 e. The summed E-state index contributed by atoms with van der Waals surface area (Å²) in [5.41, 5.74) is 5.84. The molecule has 28 heavy (non-hydrogen) atoms. The van der Waals surface area contributed by atoms with Gasteiger partial charge in [0.1, 0.15) is 18.1 Å². The first kappa shape index (κ1) is 16.9. The zero-order valence-corrected chi connectivity index (χ0v) is 15.5. The maximum Gasteiger partial charge on any atom is 0.120 e. The van der Waals surface area contributed by atoms with E-state index in [4.69, 9.17) is 4.74 Å². The van der Waals surface area contributed by atoms with Crippen LogP contribution in [0.1, 0.15) is 28.4 Å². The van der Waals surface area contributed by atoms with Gasteiger partial charge in [-0.3, -0.25) is 0 Å². The second-order valence-corrected chi connectivity index (χ2v) is 7.23. The molecule has 0 spiro atoms. The first-order chi connectivity index (χ1) is 13.8. The molecule has 0 amide bonds. The molecule has 3 aromatic carbocycles. The van der Waals surface area contributed by atoms with E-state index < -0.39 is 0 Å². The van der Waals surface area contributed by atoms with Crippen LogP contribution in [0.3, 0.4) is 0 Å². The molecule has 1 atom stereocenters. The number of ether oxygens (including phenoxy) is 1. The van der Waals surface area contributed by atoms with E-state index in [1.54, 1.807) is 6.07 Å². The molecule has 4 aromatic rings. The number of aromatic hydroxyl groups is 1. The van der Waals surface area contributed by atoms with Crippen LogP contribution in [0.25, 0.3) is 10.9 Å². The number of benzene rings is 3. The number of phenolic OH excluding ortho intramolecular Hbond substituents is 1. The summed E-state index contributed by atoms with van der Waals surface area (Å²) in [4.78, 5) is 3.59. The molecule has 5 rings (SSSR count). The summed E-state index contributed by atoms with van der Waals surface area (Å²) in [6.45, 7) is 1.46. The highest BCUT2D eigenvalue weighted by Gasteiger charge is 2.25. The average molecular weight is 370 g/mol. The number of H-pyrrole nitrogens is 1. The van der Waals surface area contributed by atoms with Gasteiger partial charge in [-0.15, -0.1) is 0 Å². The van der Waals surface area contributed by atoms with E-state index in [9.17, 15) is 5.11 Å². The second-order valence-electron chi connectivity index (χ2n) is 7.23. The van der Waals surface area contributed by atoms with Gasteiger partial charge in [-0.1, -0.05) is 42.5 Å². The number of hydrogen-bond donors (Lipinski definition) is 3. The van der Waals surface area contributed by atoms with Crippen molar-refractivity contribution < 1.29 is 9.84 Å². The summed E-state index contributed by atoms with van der Waals surface area (Å²) < 4.78 is 6.03. The normalized spacial score (nSPS) is 16.1. The lowest BCUT2D eigenvalue weighted by Crippen LogP contribution is -2.30. The molecular weight excluding hydrogens is 348 g/mol. The van der Waals surface area contributed by atoms with Gasteiger partial charge in [0.25, 0.3) is 0 Å². The Kier molecular flexibility index (Phi) is 4.26. The predicted octanol–water partition coefficient (Wildman–Crippen LogP) is 4.69. The summed E-state index contributed by atoms with van der Waals surface area (Å²) in [5, 5.41) is 14.6. The Hall–Kier alpha value is -3.24. The molecule has 0 fully saturated rings. The van der Waals surface area contributed by atoms with Crippen LogP contribution < -0.4 is 10.1 Å². The van der Waals surface area contributed by atoms with E-state index in [1.165, 1.54) is 16.6 Å². The molecule has 2 heterocycles. The summed E-state index contributed by atoms with van der Waals surface area (Å²) in [5.74, 6) is 1.17. The highest BCUT2D eigenvalue weighted by Crippen LogP contribution is 2.35. The average Bonchev–Trinajstić information content (AvgIpc) is 3.11. The fraction of sp³-hybridized carbons (Fsp3) is 0.167. The number of aromatic amines is 1. The number of fused-ring (bicyclic) bond motifs is 3. The summed E-state index contributed by atoms with van der Waals surface area (Å²) in [7, 11) is 0. The first-order valence-electron chi connectivity index (χ1n) is 9.61. The lowest BCUT2D eigenvalue weighted by atomic mass is 9.94. The minimum absolute atomic E-state index is 0.0527. The molecule has 0 saturated heterocycles. The van der Waals surface area contributed by atoms with Gasteiger partial charge < -0.3 is 20.1 Å². The van der Waals surface area contributed by atoms with Crippen molar-refractivity contribution in [2.45, 2.75) is 19.1 Å².